The molecule has 1 atom stereocenters. The van der Waals surface area contributed by atoms with E-state index in [0.717, 1.165) is 5.01 Å². The van der Waals surface area contributed by atoms with Crippen molar-refractivity contribution in [3.8, 4) is 0 Å². The first-order valence-corrected chi connectivity index (χ1v) is 8.11. The Hall–Kier alpha value is -1.47. The highest BCUT2D eigenvalue weighted by Gasteiger charge is 2.48. The van der Waals surface area contributed by atoms with Gasteiger partial charge in [0.1, 0.15) is 9.88 Å². The van der Waals surface area contributed by atoms with E-state index in [1.807, 2.05) is 13.8 Å². The molecule has 7 heteroatoms. The zero-order valence-corrected chi connectivity index (χ0v) is 14.2. The van der Waals surface area contributed by atoms with Gasteiger partial charge in [0, 0.05) is 20.2 Å². The van der Waals surface area contributed by atoms with Crippen LogP contribution in [0.25, 0.3) is 0 Å². The first-order valence-electron chi connectivity index (χ1n) is 7.29. The lowest BCUT2D eigenvalue weighted by Crippen LogP contribution is -2.40. The number of carboxylic acids is 1. The number of methoxy groups -OCH3 is 1. The number of aromatic nitrogens is 1. The predicted molar refractivity (Wildman–Crippen MR) is 83.0 cm³/mol. The Kier molecular flexibility index (Phi) is 4.87. The van der Waals surface area contributed by atoms with Gasteiger partial charge in [-0.1, -0.05) is 13.8 Å². The molecule has 22 heavy (non-hydrogen) atoms. The number of likely N-dealkylation sites (tertiary alicyclic amines) is 1. The summed E-state index contributed by atoms with van der Waals surface area (Å²) < 4.78 is 5.04. The standard InChI is InChI=1S/C15H22N2O4S/c1-9(2)15(14(19)20)5-6-17(8-15)13(18)12-10(3)16-11(22-12)7-21-4/h9H,5-8H2,1-4H3,(H,19,20). The van der Waals surface area contributed by atoms with Crippen molar-refractivity contribution < 1.29 is 19.4 Å². The number of hydrogen-bond acceptors (Lipinski definition) is 5. The molecule has 1 unspecified atom stereocenters. The molecule has 0 aliphatic carbocycles. The maximum Gasteiger partial charge on any atom is 0.311 e. The number of amides is 1. The minimum Gasteiger partial charge on any atom is -0.481 e. The molecule has 1 N–H and O–H groups in total. The highest BCUT2D eigenvalue weighted by atomic mass is 32.1. The van der Waals surface area contributed by atoms with Crippen LogP contribution in [-0.2, 0) is 16.1 Å². The minimum absolute atomic E-state index is 0.0191. The van der Waals surface area contributed by atoms with Crippen LogP contribution in [0.15, 0.2) is 0 Å². The Morgan fingerprint density at radius 1 is 1.50 bits per heavy atom. The summed E-state index contributed by atoms with van der Waals surface area (Å²) in [6.07, 6.45) is 0.495. The number of carbonyl (C=O) groups excluding carboxylic acids is 1. The average molecular weight is 326 g/mol. The maximum atomic E-state index is 12.7. The minimum atomic E-state index is -0.844. The van der Waals surface area contributed by atoms with Gasteiger partial charge in [0.15, 0.2) is 0 Å². The molecular formula is C15H22N2O4S. The summed E-state index contributed by atoms with van der Waals surface area (Å²) in [5.74, 6) is -0.963. The van der Waals surface area contributed by atoms with Gasteiger partial charge >= 0.3 is 5.97 Å². The molecule has 6 nitrogen and oxygen atoms in total. The fourth-order valence-electron chi connectivity index (χ4n) is 2.88. The predicted octanol–water partition coefficient (Wildman–Crippen LogP) is 2.17. The van der Waals surface area contributed by atoms with Crippen LogP contribution >= 0.6 is 11.3 Å². The van der Waals surface area contributed by atoms with Gasteiger partial charge in [0.25, 0.3) is 5.91 Å². The quantitative estimate of drug-likeness (QED) is 0.897. The summed E-state index contributed by atoms with van der Waals surface area (Å²) in [7, 11) is 1.59. The normalized spacial score (nSPS) is 21.6. The van der Waals surface area contributed by atoms with Gasteiger partial charge in [-0.2, -0.15) is 0 Å². The van der Waals surface area contributed by atoms with E-state index in [1.165, 1.54) is 11.3 Å². The zero-order valence-electron chi connectivity index (χ0n) is 13.4. The van der Waals surface area contributed by atoms with E-state index >= 15 is 0 Å². The average Bonchev–Trinajstić information content (AvgIpc) is 3.03. The Bertz CT molecular complexity index is 584. The molecule has 0 saturated carbocycles. The smallest absolute Gasteiger partial charge is 0.311 e. The van der Waals surface area contributed by atoms with Crippen molar-refractivity contribution in [3.05, 3.63) is 15.6 Å². The van der Waals surface area contributed by atoms with Gasteiger partial charge in [0.2, 0.25) is 0 Å². The van der Waals surface area contributed by atoms with Gasteiger partial charge in [0.05, 0.1) is 17.7 Å². The van der Waals surface area contributed by atoms with Gasteiger partial charge < -0.3 is 14.7 Å². The lowest BCUT2D eigenvalue weighted by atomic mass is 9.76. The van der Waals surface area contributed by atoms with E-state index < -0.39 is 11.4 Å². The van der Waals surface area contributed by atoms with E-state index in [1.54, 1.807) is 18.9 Å². The Balaban J connectivity index is 2.20. The van der Waals surface area contributed by atoms with Crippen LogP contribution in [-0.4, -0.2) is 47.1 Å². The second-order valence-corrected chi connectivity index (χ2v) is 7.13. The largest absolute Gasteiger partial charge is 0.481 e. The monoisotopic (exact) mass is 326 g/mol. The van der Waals surface area contributed by atoms with Crippen LogP contribution in [0.5, 0.6) is 0 Å². The zero-order chi connectivity index (χ0) is 16.5. The summed E-state index contributed by atoms with van der Waals surface area (Å²) >= 11 is 1.32. The van der Waals surface area contributed by atoms with Crippen LogP contribution in [0, 0.1) is 18.3 Å². The summed E-state index contributed by atoms with van der Waals surface area (Å²) in [5, 5.41) is 10.3. The van der Waals surface area contributed by atoms with Crippen molar-refractivity contribution in [3.63, 3.8) is 0 Å². The van der Waals surface area contributed by atoms with Crippen LogP contribution in [0.1, 0.15) is 40.6 Å². The molecule has 122 valence electrons. The third-order valence-electron chi connectivity index (χ3n) is 4.42. The molecule has 2 heterocycles. The fraction of sp³-hybridized carbons (Fsp3) is 0.667. The number of rotatable bonds is 5. The van der Waals surface area contributed by atoms with E-state index in [-0.39, 0.29) is 18.4 Å². The fourth-order valence-corrected chi connectivity index (χ4v) is 3.88. The molecule has 0 bridgehead atoms. The molecule has 1 saturated heterocycles. The van der Waals surface area contributed by atoms with E-state index in [0.29, 0.717) is 30.1 Å². The van der Waals surface area contributed by atoms with Crippen molar-refractivity contribution >= 4 is 23.2 Å². The molecule has 0 aromatic carbocycles. The third-order valence-corrected chi connectivity index (χ3v) is 5.54. The number of aliphatic carboxylic acids is 1. The number of ether oxygens (including phenoxy) is 1. The molecule has 0 spiro atoms. The Labute approximate surface area is 134 Å². The molecular weight excluding hydrogens is 304 g/mol. The summed E-state index contributed by atoms with van der Waals surface area (Å²) in [5.41, 5.74) is -0.164. The van der Waals surface area contributed by atoms with Crippen molar-refractivity contribution in [2.75, 3.05) is 20.2 Å². The molecule has 2 rings (SSSR count). The summed E-state index contributed by atoms with van der Waals surface area (Å²) in [6, 6.07) is 0. The molecule has 1 aliphatic rings. The molecule has 0 radical (unpaired) electrons. The third kappa shape index (κ3) is 2.87. The highest BCUT2D eigenvalue weighted by molar-refractivity contribution is 7.13. The van der Waals surface area contributed by atoms with Crippen molar-refractivity contribution in [2.45, 2.75) is 33.8 Å². The molecule has 1 amide bonds. The van der Waals surface area contributed by atoms with E-state index in [2.05, 4.69) is 4.98 Å². The lowest BCUT2D eigenvalue weighted by molar-refractivity contribution is -0.150. The number of carboxylic acid groups (broad SMARTS) is 1. The van der Waals surface area contributed by atoms with Crippen LogP contribution in [0.4, 0.5) is 0 Å². The van der Waals surface area contributed by atoms with Gasteiger partial charge in [-0.05, 0) is 19.3 Å². The number of nitrogens with zero attached hydrogens (tertiary/aromatic N) is 2. The maximum absolute atomic E-state index is 12.7. The molecule has 1 aromatic rings. The van der Waals surface area contributed by atoms with Crippen molar-refractivity contribution in [1.82, 2.24) is 9.88 Å². The van der Waals surface area contributed by atoms with Gasteiger partial charge in [-0.15, -0.1) is 11.3 Å². The highest BCUT2D eigenvalue weighted by Crippen LogP contribution is 2.39. The Morgan fingerprint density at radius 2 is 2.18 bits per heavy atom. The van der Waals surface area contributed by atoms with E-state index in [9.17, 15) is 14.7 Å². The number of thiazole rings is 1. The Morgan fingerprint density at radius 3 is 2.68 bits per heavy atom. The SMILES string of the molecule is COCc1nc(C)c(C(=O)N2CCC(C(=O)O)(C(C)C)C2)s1. The van der Waals surface area contributed by atoms with Gasteiger partial charge in [-0.3, -0.25) is 9.59 Å². The second-order valence-electron chi connectivity index (χ2n) is 6.05. The van der Waals surface area contributed by atoms with Crippen LogP contribution < -0.4 is 0 Å². The summed E-state index contributed by atoms with van der Waals surface area (Å²) in [6.45, 7) is 6.71. The number of aryl methyl sites for hydroxylation is 1. The topological polar surface area (TPSA) is 79.7 Å². The number of hydrogen-bond donors (Lipinski definition) is 1. The van der Waals surface area contributed by atoms with Crippen LogP contribution in [0.2, 0.25) is 0 Å². The first kappa shape index (κ1) is 16.9. The molecule has 1 aromatic heterocycles. The van der Waals surface area contributed by atoms with Crippen LogP contribution in [0.3, 0.4) is 0 Å². The second kappa shape index (κ2) is 6.34. The van der Waals surface area contributed by atoms with Gasteiger partial charge in [-0.25, -0.2) is 4.98 Å². The van der Waals surface area contributed by atoms with Crippen molar-refractivity contribution in [2.24, 2.45) is 11.3 Å². The van der Waals surface area contributed by atoms with Crippen molar-refractivity contribution in [1.29, 1.82) is 0 Å². The summed E-state index contributed by atoms with van der Waals surface area (Å²) in [4.78, 5) is 30.9. The molecule has 1 fully saturated rings. The molecule has 1 aliphatic heterocycles. The first-order chi connectivity index (χ1) is 10.3. The lowest BCUT2D eigenvalue weighted by Gasteiger charge is -2.28. The van der Waals surface area contributed by atoms with E-state index in [4.69, 9.17) is 4.74 Å². The number of carbonyl (C=O) groups is 2.